The van der Waals surface area contributed by atoms with Crippen LogP contribution in [0, 0.1) is 11.8 Å². The van der Waals surface area contributed by atoms with Crippen molar-refractivity contribution in [2.75, 3.05) is 6.61 Å². The minimum Gasteiger partial charge on any atom is -0.491 e. The van der Waals surface area contributed by atoms with Crippen LogP contribution < -0.4 is 4.74 Å². The molecule has 1 aromatic rings. The average Bonchev–Trinajstić information content (AvgIpc) is 2.99. The molecule has 0 aliphatic heterocycles. The molecule has 0 aromatic heterocycles. The van der Waals surface area contributed by atoms with Gasteiger partial charge in [-0.2, -0.15) is 13.2 Å². The third-order valence-electron chi connectivity index (χ3n) is 5.39. The Morgan fingerprint density at radius 2 is 1.97 bits per heavy atom. The average molecular weight is 458 g/mol. The second-order valence-electron chi connectivity index (χ2n) is 7.89. The molecule has 9 heteroatoms. The lowest BCUT2D eigenvalue weighted by molar-refractivity contribution is -0.138. The first-order valence-corrected chi connectivity index (χ1v) is 10.5. The third-order valence-corrected chi connectivity index (χ3v) is 5.39. The number of carbonyl (C=O) groups is 1. The number of aliphatic carboxylic acids is 1. The molecular weight excluding hydrogens is 429 g/mol. The van der Waals surface area contributed by atoms with Crippen LogP contribution in [0.2, 0.25) is 0 Å². The Balaban J connectivity index is 1.87. The number of benzene rings is 1. The van der Waals surface area contributed by atoms with E-state index in [1.54, 1.807) is 6.08 Å². The number of unbranched alkanes of at least 4 members (excludes halogenated alkanes) is 1. The standard InChI is InChI=1S/C23H29F3O6/c24-23(25,26)15-6-5-7-17(12-15)32-14-16(27)10-11-19-18(20(28)13-21(19)29)8-3-1-2-4-9-22(30)31/h1,3,5-7,10-12,16,18-21,27-29H,2,4,8-9,13-14H2,(H,30,31)/b3-1-,11-10+/t16-,18-,19-,20+,21+/m1/s1. The lowest BCUT2D eigenvalue weighted by atomic mass is 9.89. The molecule has 1 saturated carbocycles. The van der Waals surface area contributed by atoms with Crippen LogP contribution in [-0.2, 0) is 11.0 Å². The fraction of sp³-hybridized carbons (Fsp3) is 0.522. The van der Waals surface area contributed by atoms with Crippen LogP contribution in [0.25, 0.3) is 0 Å². The molecule has 1 aliphatic carbocycles. The highest BCUT2D eigenvalue weighted by atomic mass is 19.4. The summed E-state index contributed by atoms with van der Waals surface area (Å²) in [6.45, 7) is -0.267. The summed E-state index contributed by atoms with van der Waals surface area (Å²) >= 11 is 0. The van der Waals surface area contributed by atoms with E-state index in [2.05, 4.69) is 0 Å². The molecule has 6 nitrogen and oxygen atoms in total. The van der Waals surface area contributed by atoms with E-state index < -0.39 is 41.9 Å². The van der Waals surface area contributed by atoms with E-state index >= 15 is 0 Å². The summed E-state index contributed by atoms with van der Waals surface area (Å²) in [5.74, 6) is -1.55. The Bertz CT molecular complexity index is 792. The number of carboxylic acids is 1. The van der Waals surface area contributed by atoms with Crippen molar-refractivity contribution in [3.63, 3.8) is 0 Å². The highest BCUT2D eigenvalue weighted by Gasteiger charge is 2.39. The van der Waals surface area contributed by atoms with Gasteiger partial charge in [0, 0.05) is 18.8 Å². The van der Waals surface area contributed by atoms with E-state index in [0.717, 1.165) is 12.1 Å². The zero-order chi connectivity index (χ0) is 23.7. The van der Waals surface area contributed by atoms with E-state index in [1.807, 2.05) is 12.2 Å². The highest BCUT2D eigenvalue weighted by molar-refractivity contribution is 5.66. The number of rotatable bonds is 11. The van der Waals surface area contributed by atoms with Gasteiger partial charge in [0.05, 0.1) is 17.8 Å². The van der Waals surface area contributed by atoms with Crippen molar-refractivity contribution in [2.24, 2.45) is 11.8 Å². The first-order chi connectivity index (χ1) is 15.1. The molecule has 0 amide bonds. The molecule has 4 N–H and O–H groups in total. The number of alkyl halides is 3. The number of carboxylic acid groups (broad SMARTS) is 1. The van der Waals surface area contributed by atoms with Gasteiger partial charge in [-0.1, -0.05) is 30.4 Å². The van der Waals surface area contributed by atoms with E-state index in [4.69, 9.17) is 9.84 Å². The molecule has 0 spiro atoms. The highest BCUT2D eigenvalue weighted by Crippen LogP contribution is 2.36. The van der Waals surface area contributed by atoms with Gasteiger partial charge in [-0.25, -0.2) is 0 Å². The molecule has 32 heavy (non-hydrogen) atoms. The number of ether oxygens (including phenoxy) is 1. The molecule has 1 aliphatic rings. The minimum atomic E-state index is -4.49. The summed E-state index contributed by atoms with van der Waals surface area (Å²) in [6.07, 6.45) is 1.48. The maximum atomic E-state index is 12.8. The number of aliphatic hydroxyl groups is 3. The topological polar surface area (TPSA) is 107 Å². The predicted octanol–water partition coefficient (Wildman–Crippen LogP) is 3.56. The van der Waals surface area contributed by atoms with Crippen molar-refractivity contribution in [3.8, 4) is 5.75 Å². The Morgan fingerprint density at radius 1 is 1.22 bits per heavy atom. The fourth-order valence-corrected chi connectivity index (χ4v) is 3.70. The quantitative estimate of drug-likeness (QED) is 0.298. The molecule has 0 heterocycles. The van der Waals surface area contributed by atoms with Gasteiger partial charge in [0.2, 0.25) is 0 Å². The lowest BCUT2D eigenvalue weighted by Gasteiger charge is -2.19. The second kappa shape index (κ2) is 12.0. The van der Waals surface area contributed by atoms with Crippen molar-refractivity contribution in [2.45, 2.75) is 56.6 Å². The first-order valence-electron chi connectivity index (χ1n) is 10.5. The Kier molecular flexibility index (Phi) is 9.74. The molecule has 0 radical (unpaired) electrons. The van der Waals surface area contributed by atoms with Crippen LogP contribution in [0.1, 0.15) is 37.7 Å². The summed E-state index contributed by atoms with van der Waals surface area (Å²) in [6, 6.07) is 4.36. The van der Waals surface area contributed by atoms with Gasteiger partial charge in [-0.3, -0.25) is 4.79 Å². The largest absolute Gasteiger partial charge is 0.491 e. The van der Waals surface area contributed by atoms with Gasteiger partial charge < -0.3 is 25.2 Å². The van der Waals surface area contributed by atoms with Gasteiger partial charge in [-0.05, 0) is 43.4 Å². The van der Waals surface area contributed by atoms with Gasteiger partial charge in [-0.15, -0.1) is 0 Å². The number of hydrogen-bond donors (Lipinski definition) is 4. The van der Waals surface area contributed by atoms with Gasteiger partial charge in [0.25, 0.3) is 0 Å². The predicted molar refractivity (Wildman–Crippen MR) is 111 cm³/mol. The lowest BCUT2D eigenvalue weighted by Crippen LogP contribution is -2.21. The van der Waals surface area contributed by atoms with Crippen molar-refractivity contribution in [3.05, 3.63) is 54.1 Å². The molecular formula is C23H29F3O6. The number of hydrogen-bond acceptors (Lipinski definition) is 5. The summed E-state index contributed by atoms with van der Waals surface area (Å²) < 4.78 is 43.5. The van der Waals surface area contributed by atoms with Crippen LogP contribution in [-0.4, -0.2) is 51.3 Å². The zero-order valence-corrected chi connectivity index (χ0v) is 17.5. The number of aliphatic hydroxyl groups excluding tert-OH is 3. The summed E-state index contributed by atoms with van der Waals surface area (Å²) in [7, 11) is 0. The molecule has 0 unspecified atom stereocenters. The zero-order valence-electron chi connectivity index (χ0n) is 17.5. The monoisotopic (exact) mass is 458 g/mol. The molecule has 2 rings (SSSR count). The number of halogens is 3. The van der Waals surface area contributed by atoms with Crippen molar-refractivity contribution in [1.82, 2.24) is 0 Å². The fourth-order valence-electron chi connectivity index (χ4n) is 3.70. The first kappa shape index (κ1) is 25.9. The van der Waals surface area contributed by atoms with Crippen LogP contribution in [0.15, 0.2) is 48.6 Å². The van der Waals surface area contributed by atoms with Gasteiger partial charge >= 0.3 is 12.1 Å². The van der Waals surface area contributed by atoms with Gasteiger partial charge in [0.1, 0.15) is 18.5 Å². The number of allylic oxidation sites excluding steroid dienone is 2. The molecule has 178 valence electrons. The van der Waals surface area contributed by atoms with Crippen molar-refractivity contribution < 1.29 is 43.1 Å². The minimum absolute atomic E-state index is 0.0190. The van der Waals surface area contributed by atoms with E-state index in [0.29, 0.717) is 19.3 Å². The van der Waals surface area contributed by atoms with E-state index in [-0.39, 0.29) is 31.1 Å². The van der Waals surface area contributed by atoms with Crippen LogP contribution in [0.3, 0.4) is 0 Å². The van der Waals surface area contributed by atoms with E-state index in [1.165, 1.54) is 18.2 Å². The molecule has 0 bridgehead atoms. The van der Waals surface area contributed by atoms with Crippen LogP contribution in [0.4, 0.5) is 13.2 Å². The second-order valence-corrected chi connectivity index (χ2v) is 7.89. The Hall–Kier alpha value is -2.36. The van der Waals surface area contributed by atoms with Gasteiger partial charge in [0.15, 0.2) is 0 Å². The SMILES string of the molecule is O=C(O)CCC/C=C\C[C@@H]1[C@@H](/C=C/[C@@H](O)COc2cccc(C(F)(F)F)c2)[C@@H](O)C[C@@H]1O. The Labute approximate surface area is 184 Å². The molecule has 5 atom stereocenters. The van der Waals surface area contributed by atoms with Crippen LogP contribution >= 0.6 is 0 Å². The maximum absolute atomic E-state index is 12.8. The van der Waals surface area contributed by atoms with Crippen LogP contribution in [0.5, 0.6) is 5.75 Å². The summed E-state index contributed by atoms with van der Waals surface area (Å²) in [4.78, 5) is 10.5. The van der Waals surface area contributed by atoms with E-state index in [9.17, 15) is 33.3 Å². The van der Waals surface area contributed by atoms with Crippen molar-refractivity contribution >= 4 is 5.97 Å². The maximum Gasteiger partial charge on any atom is 0.416 e. The Morgan fingerprint density at radius 3 is 2.66 bits per heavy atom. The molecule has 0 saturated heterocycles. The smallest absolute Gasteiger partial charge is 0.416 e. The third kappa shape index (κ3) is 8.29. The van der Waals surface area contributed by atoms with Crippen molar-refractivity contribution in [1.29, 1.82) is 0 Å². The summed E-state index contributed by atoms with van der Waals surface area (Å²) in [5, 5.41) is 39.2. The molecule has 1 fully saturated rings. The molecule has 1 aromatic carbocycles. The summed E-state index contributed by atoms with van der Waals surface area (Å²) in [5.41, 5.74) is -0.845. The normalized spacial score (nSPS) is 24.9.